The van der Waals surface area contributed by atoms with Crippen LogP contribution in [0.3, 0.4) is 0 Å². The van der Waals surface area contributed by atoms with E-state index in [2.05, 4.69) is 9.97 Å². The number of hydrogen-bond donors (Lipinski definition) is 5. The Morgan fingerprint density at radius 1 is 1.11 bits per heavy atom. The van der Waals surface area contributed by atoms with Crippen LogP contribution in [-0.4, -0.2) is 59.5 Å². The van der Waals surface area contributed by atoms with Crippen LogP contribution in [0, 0.1) is 17.3 Å². The molecule has 2 heterocycles. The van der Waals surface area contributed by atoms with Gasteiger partial charge < -0.3 is 10.4 Å². The summed E-state index contributed by atoms with van der Waals surface area (Å²) in [4.78, 5) is 7.79. The molecule has 3 unspecified atom stereocenters. The zero-order valence-electron chi connectivity index (χ0n) is 15.3. The molecule has 0 aliphatic rings. The van der Waals surface area contributed by atoms with Crippen molar-refractivity contribution in [3.8, 4) is 0 Å². The maximum absolute atomic E-state index is 11.2. The monoisotopic (exact) mass is 408 g/mol. The molecule has 27 heavy (non-hydrogen) atoms. The van der Waals surface area contributed by atoms with Gasteiger partial charge in [-0.15, -0.1) is 12.4 Å². The maximum Gasteiger partial charge on any atom is 0.340 e. The highest BCUT2D eigenvalue weighted by Crippen LogP contribution is 2.10. The van der Waals surface area contributed by atoms with Crippen LogP contribution in [0.2, 0.25) is 0 Å². The highest BCUT2D eigenvalue weighted by molar-refractivity contribution is 5.85. The Bertz CT molecular complexity index is 704. The number of likely N-dealkylation sites (N-methyl/N-ethyl adjacent to an activating group) is 1. The summed E-state index contributed by atoms with van der Waals surface area (Å²) in [5.74, 6) is 0.690. The predicted octanol–water partition coefficient (Wildman–Crippen LogP) is -1.07. The summed E-state index contributed by atoms with van der Waals surface area (Å²) in [7, 11) is 1.66. The number of halogens is 1. The van der Waals surface area contributed by atoms with E-state index in [1.807, 2.05) is 0 Å². The highest BCUT2D eigenvalue weighted by atomic mass is 35.5. The van der Waals surface area contributed by atoms with Crippen LogP contribution in [0.25, 0.3) is 0 Å². The van der Waals surface area contributed by atoms with Crippen molar-refractivity contribution in [1.82, 2.24) is 19.1 Å². The van der Waals surface area contributed by atoms with Gasteiger partial charge >= 0.3 is 5.95 Å². The highest BCUT2D eigenvalue weighted by Gasteiger charge is 2.21. The second kappa shape index (κ2) is 10.1. The van der Waals surface area contributed by atoms with Crippen LogP contribution in [0.15, 0.2) is 18.6 Å². The molecule has 2 rings (SSSR count). The molecule has 0 bridgehead atoms. The third-order valence-electron chi connectivity index (χ3n) is 4.28. The van der Waals surface area contributed by atoms with Crippen LogP contribution in [0.4, 0.5) is 11.8 Å². The van der Waals surface area contributed by atoms with Crippen LogP contribution in [0.1, 0.15) is 18.7 Å². The number of aromatic nitrogens is 4. The molecule has 5 N–H and O–H groups in total. The quantitative estimate of drug-likeness (QED) is 0.191. The van der Waals surface area contributed by atoms with Gasteiger partial charge in [-0.1, -0.05) is 0 Å². The Morgan fingerprint density at radius 3 is 2.44 bits per heavy atom. The van der Waals surface area contributed by atoms with Crippen molar-refractivity contribution >= 4 is 24.2 Å². The van der Waals surface area contributed by atoms with Crippen molar-refractivity contribution in [2.75, 3.05) is 20.1 Å². The molecule has 3 atom stereocenters. The van der Waals surface area contributed by atoms with Crippen LogP contribution in [0.5, 0.6) is 0 Å². The van der Waals surface area contributed by atoms with Crippen molar-refractivity contribution < 1.29 is 30.7 Å². The van der Waals surface area contributed by atoms with Gasteiger partial charge in [0.15, 0.2) is 0 Å². The first-order valence-electron chi connectivity index (χ1n) is 8.28. The second-order valence-corrected chi connectivity index (χ2v) is 6.39. The Balaban J connectivity index is 0.00000364. The fraction of sp³-hybridized carbons (Fsp3) is 0.571. The second-order valence-electron chi connectivity index (χ2n) is 6.39. The molecular formula is C14H27ClN7O5+. The van der Waals surface area contributed by atoms with Crippen molar-refractivity contribution in [1.29, 1.82) is 0 Å². The molecule has 0 fully saturated rings. The molecule has 0 saturated carbocycles. The zero-order valence-corrected chi connectivity index (χ0v) is 16.1. The fourth-order valence-corrected chi connectivity index (χ4v) is 2.77. The number of imidazole rings is 2. The van der Waals surface area contributed by atoms with Gasteiger partial charge in [0.05, 0.1) is 19.8 Å². The molecule has 0 saturated heterocycles. The van der Waals surface area contributed by atoms with Gasteiger partial charge in [-0.05, 0) is 13.3 Å². The van der Waals surface area contributed by atoms with E-state index in [4.69, 9.17) is 10.4 Å². The molecule has 2 aromatic heterocycles. The first-order chi connectivity index (χ1) is 12.2. The number of quaternary nitrogens is 3. The molecule has 0 amide bonds. The van der Waals surface area contributed by atoms with Gasteiger partial charge in [-0.2, -0.15) is 20.1 Å². The minimum absolute atomic E-state index is 0. The fourth-order valence-electron chi connectivity index (χ4n) is 2.77. The van der Waals surface area contributed by atoms with Crippen molar-refractivity contribution in [3.63, 3.8) is 0 Å². The molecule has 154 valence electrons. The normalized spacial score (nSPS) is 15.8. The Labute approximate surface area is 162 Å². The third-order valence-corrected chi connectivity index (χ3v) is 4.28. The summed E-state index contributed by atoms with van der Waals surface area (Å²) in [6.45, 7) is 3.37. The average Bonchev–Trinajstić information content (AvgIpc) is 3.16. The minimum atomic E-state index is -1.07. The van der Waals surface area contributed by atoms with E-state index in [-0.39, 0.29) is 28.8 Å². The smallest absolute Gasteiger partial charge is 0.340 e. The lowest BCUT2D eigenvalue weighted by Crippen LogP contribution is -3.00. The molecule has 12 nitrogen and oxygen atoms in total. The number of hydrogen-bond acceptors (Lipinski definition) is 7. The summed E-state index contributed by atoms with van der Waals surface area (Å²) in [5, 5.41) is 48.7. The van der Waals surface area contributed by atoms with Crippen LogP contribution in [-0.2, 0) is 13.1 Å². The first kappa shape index (κ1) is 23.4. The van der Waals surface area contributed by atoms with E-state index < -0.39 is 10.5 Å². The molecule has 0 spiro atoms. The zero-order chi connectivity index (χ0) is 19.3. The van der Waals surface area contributed by atoms with E-state index in [1.54, 1.807) is 29.3 Å². The molecule has 2 aromatic rings. The van der Waals surface area contributed by atoms with E-state index >= 15 is 0 Å². The lowest BCUT2D eigenvalue weighted by molar-refractivity contribution is -1.09. The SMILES string of the molecule is Cc1ncc([NH+]([O-])O)n1CC[N+](C)(O)CCCCn1ccnc1[NH+]([O-])O.Cl. The number of hydroxylamine groups is 3. The van der Waals surface area contributed by atoms with Gasteiger partial charge in [0.1, 0.15) is 25.1 Å². The van der Waals surface area contributed by atoms with E-state index in [0.29, 0.717) is 44.8 Å². The summed E-state index contributed by atoms with van der Waals surface area (Å²) >= 11 is 0. The molecule has 0 radical (unpaired) electrons. The van der Waals surface area contributed by atoms with Gasteiger partial charge in [-0.3, -0.25) is 9.13 Å². The standard InChI is InChI=1S/C14H26N7O5.ClH/c1-12-16-11-13(19(22)23)18(12)8-10-21(2,26)9-4-3-6-17-7-5-15-14(17)20(24)25;/h5,7,11,19-20,22,24,26H,3-4,6,8-10H2,1-2H3;1H/q+1;. The average molecular weight is 409 g/mol. The number of unbranched alkanes of at least 4 members (excludes halogenated alkanes) is 1. The minimum Gasteiger partial charge on any atom is -0.594 e. The van der Waals surface area contributed by atoms with Gasteiger partial charge in [-0.25, -0.2) is 20.6 Å². The van der Waals surface area contributed by atoms with Crippen LogP contribution >= 0.6 is 12.4 Å². The molecular weight excluding hydrogens is 382 g/mol. The van der Waals surface area contributed by atoms with E-state index in [0.717, 1.165) is 0 Å². The molecule has 0 aliphatic carbocycles. The van der Waals surface area contributed by atoms with Gasteiger partial charge in [0.25, 0.3) is 5.82 Å². The Morgan fingerprint density at radius 2 is 1.81 bits per heavy atom. The number of aryl methyl sites for hydroxylation is 2. The summed E-state index contributed by atoms with van der Waals surface area (Å²) in [5.41, 5.74) is 0. The van der Waals surface area contributed by atoms with Gasteiger partial charge in [0, 0.05) is 19.2 Å². The lowest BCUT2D eigenvalue weighted by atomic mass is 10.3. The molecule has 13 heteroatoms. The van der Waals surface area contributed by atoms with Crippen molar-refractivity contribution in [2.45, 2.75) is 32.9 Å². The number of nitrogens with one attached hydrogen (secondary N) is 2. The van der Waals surface area contributed by atoms with Crippen LogP contribution < -0.4 is 10.5 Å². The lowest BCUT2D eigenvalue weighted by Gasteiger charge is -2.26. The van der Waals surface area contributed by atoms with Crippen molar-refractivity contribution in [2.24, 2.45) is 0 Å². The largest absolute Gasteiger partial charge is 0.594 e. The maximum atomic E-state index is 11.2. The Hall–Kier alpha value is -1.61. The topological polar surface area (TPSA) is 151 Å². The van der Waals surface area contributed by atoms with E-state index in [9.17, 15) is 15.6 Å². The summed E-state index contributed by atoms with van der Waals surface area (Å²) in [6.07, 6.45) is 5.74. The summed E-state index contributed by atoms with van der Waals surface area (Å²) < 4.78 is 2.88. The predicted molar refractivity (Wildman–Crippen MR) is 94.9 cm³/mol. The van der Waals surface area contributed by atoms with Gasteiger partial charge in [0.2, 0.25) is 0 Å². The molecule has 0 aliphatic heterocycles. The third kappa shape index (κ3) is 6.49. The van der Waals surface area contributed by atoms with E-state index in [1.165, 1.54) is 12.4 Å². The Kier molecular flexibility index (Phi) is 8.74. The number of rotatable bonds is 10. The first-order valence-corrected chi connectivity index (χ1v) is 8.28. The summed E-state index contributed by atoms with van der Waals surface area (Å²) in [6, 6.07) is 0. The molecule has 0 aromatic carbocycles. The van der Waals surface area contributed by atoms with Crippen molar-refractivity contribution in [3.05, 3.63) is 34.8 Å². The number of nitrogens with zero attached hydrogens (tertiary/aromatic N) is 5.